The molecule has 1 aromatic carbocycles. The monoisotopic (exact) mass is 373 g/mol. The van der Waals surface area contributed by atoms with E-state index in [1.807, 2.05) is 0 Å². The summed E-state index contributed by atoms with van der Waals surface area (Å²) in [5.41, 5.74) is 0. The largest absolute Gasteiger partial charge is 0.497 e. The fourth-order valence-corrected chi connectivity index (χ4v) is 4.01. The van der Waals surface area contributed by atoms with Crippen molar-refractivity contribution in [2.75, 3.05) is 20.8 Å². The van der Waals surface area contributed by atoms with E-state index in [4.69, 9.17) is 9.47 Å². The molecule has 1 saturated heterocycles. The Labute approximate surface area is 147 Å². The van der Waals surface area contributed by atoms with Gasteiger partial charge >= 0.3 is 5.97 Å². The number of carbonyl (C=O) groups is 1. The molecule has 8 nitrogen and oxygen atoms in total. The van der Waals surface area contributed by atoms with Gasteiger partial charge in [0.2, 0.25) is 10.0 Å². The SMILES string of the molecule is COC(=O)C[C@@H]1CC[C@H](NS(=O)(=O)c2ccc(OC)cc2)[C@H](CO)O1. The van der Waals surface area contributed by atoms with Crippen LogP contribution in [0.25, 0.3) is 0 Å². The number of hydrogen-bond donors (Lipinski definition) is 2. The summed E-state index contributed by atoms with van der Waals surface area (Å²) in [5, 5.41) is 9.51. The number of ether oxygens (including phenoxy) is 3. The van der Waals surface area contributed by atoms with Crippen molar-refractivity contribution in [3.05, 3.63) is 24.3 Å². The van der Waals surface area contributed by atoms with Crippen molar-refractivity contribution >= 4 is 16.0 Å². The molecule has 1 aliphatic heterocycles. The third-order valence-corrected chi connectivity index (χ3v) is 5.60. The second-order valence-electron chi connectivity index (χ2n) is 5.74. The molecule has 1 fully saturated rings. The zero-order valence-corrected chi connectivity index (χ0v) is 15.0. The summed E-state index contributed by atoms with van der Waals surface area (Å²) in [6.07, 6.45) is -0.114. The van der Waals surface area contributed by atoms with Crippen LogP contribution in [0.15, 0.2) is 29.2 Å². The lowest BCUT2D eigenvalue weighted by Gasteiger charge is -2.35. The van der Waals surface area contributed by atoms with Crippen LogP contribution in [0.5, 0.6) is 5.75 Å². The summed E-state index contributed by atoms with van der Waals surface area (Å²) in [4.78, 5) is 11.4. The Hall–Kier alpha value is -1.68. The van der Waals surface area contributed by atoms with Crippen molar-refractivity contribution in [3.8, 4) is 5.75 Å². The van der Waals surface area contributed by atoms with Crippen molar-refractivity contribution in [2.24, 2.45) is 0 Å². The Balaban J connectivity index is 2.04. The van der Waals surface area contributed by atoms with Crippen molar-refractivity contribution in [1.29, 1.82) is 0 Å². The van der Waals surface area contributed by atoms with E-state index in [1.54, 1.807) is 12.1 Å². The molecule has 25 heavy (non-hydrogen) atoms. The van der Waals surface area contributed by atoms with Crippen molar-refractivity contribution in [2.45, 2.75) is 42.4 Å². The summed E-state index contributed by atoms with van der Waals surface area (Å²) in [6, 6.07) is 5.42. The Kier molecular flexibility index (Phi) is 6.77. The van der Waals surface area contributed by atoms with Gasteiger partial charge in [0, 0.05) is 0 Å². The fourth-order valence-electron chi connectivity index (χ4n) is 2.71. The number of sulfonamides is 1. The highest BCUT2D eigenvalue weighted by atomic mass is 32.2. The molecule has 1 aromatic rings. The normalized spacial score (nSPS) is 23.9. The van der Waals surface area contributed by atoms with Crippen LogP contribution in [-0.4, -0.2) is 58.6 Å². The zero-order valence-electron chi connectivity index (χ0n) is 14.2. The molecule has 140 valence electrons. The smallest absolute Gasteiger partial charge is 0.308 e. The maximum Gasteiger partial charge on any atom is 0.308 e. The highest BCUT2D eigenvalue weighted by molar-refractivity contribution is 7.89. The number of rotatable bonds is 7. The lowest BCUT2D eigenvalue weighted by atomic mass is 9.98. The lowest BCUT2D eigenvalue weighted by molar-refractivity contribution is -0.149. The second-order valence-corrected chi connectivity index (χ2v) is 7.45. The van der Waals surface area contributed by atoms with Crippen LogP contribution in [0.3, 0.4) is 0 Å². The summed E-state index contributed by atoms with van der Waals surface area (Å²) in [6.45, 7) is -0.354. The van der Waals surface area contributed by atoms with Gasteiger partial charge in [-0.15, -0.1) is 0 Å². The number of nitrogens with one attached hydrogen (secondary N) is 1. The van der Waals surface area contributed by atoms with Gasteiger partial charge in [-0.2, -0.15) is 0 Å². The predicted octanol–water partition coefficient (Wildman–Crippen LogP) is 0.445. The number of esters is 1. The molecule has 0 unspecified atom stereocenters. The van der Waals surface area contributed by atoms with Gasteiger partial charge in [0.05, 0.1) is 50.4 Å². The van der Waals surface area contributed by atoms with Gasteiger partial charge < -0.3 is 19.3 Å². The lowest BCUT2D eigenvalue weighted by Crippen LogP contribution is -2.51. The maximum absolute atomic E-state index is 12.5. The Morgan fingerprint density at radius 2 is 1.96 bits per heavy atom. The van der Waals surface area contributed by atoms with E-state index < -0.39 is 34.2 Å². The zero-order chi connectivity index (χ0) is 18.4. The van der Waals surface area contributed by atoms with Crippen LogP contribution in [-0.2, 0) is 24.3 Å². The number of aliphatic hydroxyl groups excluding tert-OH is 1. The number of carbonyl (C=O) groups excluding carboxylic acids is 1. The highest BCUT2D eigenvalue weighted by Gasteiger charge is 2.34. The van der Waals surface area contributed by atoms with Gasteiger partial charge in [0.15, 0.2) is 0 Å². The van der Waals surface area contributed by atoms with Crippen LogP contribution in [0.4, 0.5) is 0 Å². The first-order valence-electron chi connectivity index (χ1n) is 7.89. The quantitative estimate of drug-likeness (QED) is 0.667. The highest BCUT2D eigenvalue weighted by Crippen LogP contribution is 2.24. The molecule has 2 rings (SSSR count). The molecule has 1 heterocycles. The Morgan fingerprint density at radius 1 is 1.28 bits per heavy atom. The number of methoxy groups -OCH3 is 2. The summed E-state index contributed by atoms with van der Waals surface area (Å²) in [5.74, 6) is 0.151. The summed E-state index contributed by atoms with van der Waals surface area (Å²) in [7, 11) is -0.972. The maximum atomic E-state index is 12.5. The molecule has 1 aliphatic rings. The van der Waals surface area contributed by atoms with Crippen molar-refractivity contribution in [1.82, 2.24) is 4.72 Å². The number of hydrogen-bond acceptors (Lipinski definition) is 7. The first kappa shape index (κ1) is 19.6. The predicted molar refractivity (Wildman–Crippen MR) is 88.7 cm³/mol. The molecular formula is C16H23NO7S. The first-order chi connectivity index (χ1) is 11.9. The van der Waals surface area contributed by atoms with Crippen LogP contribution in [0.1, 0.15) is 19.3 Å². The van der Waals surface area contributed by atoms with Crippen LogP contribution < -0.4 is 9.46 Å². The van der Waals surface area contributed by atoms with Gasteiger partial charge in [-0.3, -0.25) is 4.79 Å². The van der Waals surface area contributed by atoms with E-state index in [9.17, 15) is 18.3 Å². The Bertz CT molecular complexity index is 674. The molecule has 0 spiro atoms. The van der Waals surface area contributed by atoms with Crippen LogP contribution in [0.2, 0.25) is 0 Å². The van der Waals surface area contributed by atoms with Gasteiger partial charge in [-0.25, -0.2) is 13.1 Å². The minimum atomic E-state index is -3.76. The standard InChI is InChI=1S/C16H23NO7S/c1-22-11-3-6-13(7-4-11)25(20,21)17-14-8-5-12(9-16(19)23-2)24-15(14)10-18/h3-4,6-7,12,14-15,17-18H,5,8-10H2,1-2H3/t12-,14-,15-/m0/s1. The first-order valence-corrected chi connectivity index (χ1v) is 9.37. The summed E-state index contributed by atoms with van der Waals surface area (Å²) < 4.78 is 42.8. The molecule has 3 atom stereocenters. The average Bonchev–Trinajstić information content (AvgIpc) is 2.62. The van der Waals surface area contributed by atoms with E-state index in [0.717, 1.165) is 0 Å². The van der Waals surface area contributed by atoms with E-state index in [1.165, 1.54) is 26.4 Å². The van der Waals surface area contributed by atoms with Gasteiger partial charge in [0.1, 0.15) is 5.75 Å². The van der Waals surface area contributed by atoms with Gasteiger partial charge in [-0.1, -0.05) is 0 Å². The molecular weight excluding hydrogens is 350 g/mol. The average molecular weight is 373 g/mol. The third kappa shape index (κ3) is 5.15. The van der Waals surface area contributed by atoms with Crippen molar-refractivity contribution in [3.63, 3.8) is 0 Å². The van der Waals surface area contributed by atoms with E-state index in [-0.39, 0.29) is 17.9 Å². The number of benzene rings is 1. The molecule has 0 saturated carbocycles. The van der Waals surface area contributed by atoms with E-state index >= 15 is 0 Å². The van der Waals surface area contributed by atoms with Gasteiger partial charge in [0.25, 0.3) is 0 Å². The van der Waals surface area contributed by atoms with E-state index in [0.29, 0.717) is 18.6 Å². The molecule has 0 aromatic heterocycles. The van der Waals surface area contributed by atoms with E-state index in [2.05, 4.69) is 9.46 Å². The third-order valence-electron chi connectivity index (χ3n) is 4.09. The van der Waals surface area contributed by atoms with Gasteiger partial charge in [-0.05, 0) is 37.1 Å². The van der Waals surface area contributed by atoms with Crippen molar-refractivity contribution < 1.29 is 32.5 Å². The van der Waals surface area contributed by atoms with Crippen LogP contribution >= 0.6 is 0 Å². The molecule has 9 heteroatoms. The molecule has 0 radical (unpaired) electrons. The molecule has 2 N–H and O–H groups in total. The molecule has 0 bridgehead atoms. The topological polar surface area (TPSA) is 111 Å². The summed E-state index contributed by atoms with van der Waals surface area (Å²) >= 11 is 0. The number of aliphatic hydroxyl groups is 1. The molecule has 0 amide bonds. The molecule has 0 aliphatic carbocycles. The minimum absolute atomic E-state index is 0.0744. The fraction of sp³-hybridized carbons (Fsp3) is 0.562. The van der Waals surface area contributed by atoms with Crippen LogP contribution in [0, 0.1) is 0 Å². The second kappa shape index (κ2) is 8.61. The minimum Gasteiger partial charge on any atom is -0.497 e. The Morgan fingerprint density at radius 3 is 2.52 bits per heavy atom.